The van der Waals surface area contributed by atoms with Gasteiger partial charge in [0.15, 0.2) is 0 Å². The minimum Gasteiger partial charge on any atom is -0.387 e. The van der Waals surface area contributed by atoms with Crippen molar-refractivity contribution in [2.45, 2.75) is 57.6 Å². The van der Waals surface area contributed by atoms with E-state index in [1.807, 2.05) is 29.2 Å². The van der Waals surface area contributed by atoms with Crippen LogP contribution < -0.4 is 10.2 Å². The zero-order valence-corrected chi connectivity index (χ0v) is 22.9. The van der Waals surface area contributed by atoms with Gasteiger partial charge >= 0.3 is 0 Å². The SMILES string of the molecule is CC(C)NCC(C(=O)N1CCCN(c2ncnc3c2[C@H](C)C[C@H]3O)CC1)c1ccc(Cl)cc1.Cl.Cl. The predicted octanol–water partition coefficient (Wildman–Crippen LogP) is 4.33. The van der Waals surface area contributed by atoms with E-state index in [9.17, 15) is 9.90 Å². The number of nitrogens with zero attached hydrogens (tertiary/aromatic N) is 4. The number of fused-ring (bicyclic) bond motifs is 1. The Hall–Kier alpha value is -1.64. The molecule has 1 unspecified atom stereocenters. The maximum atomic E-state index is 13.7. The van der Waals surface area contributed by atoms with Crippen molar-refractivity contribution in [2.75, 3.05) is 37.6 Å². The van der Waals surface area contributed by atoms with Gasteiger partial charge in [0, 0.05) is 49.4 Å². The lowest BCUT2D eigenvalue weighted by atomic mass is 9.97. The molecule has 1 aliphatic carbocycles. The molecule has 1 saturated heterocycles. The van der Waals surface area contributed by atoms with Gasteiger partial charge in [-0.25, -0.2) is 9.97 Å². The lowest BCUT2D eigenvalue weighted by Crippen LogP contribution is -2.42. The number of amides is 1. The van der Waals surface area contributed by atoms with E-state index in [1.54, 1.807) is 6.33 Å². The molecule has 1 aliphatic heterocycles. The van der Waals surface area contributed by atoms with Gasteiger partial charge in [-0.05, 0) is 36.5 Å². The first-order valence-corrected chi connectivity index (χ1v) is 12.3. The van der Waals surface area contributed by atoms with Crippen molar-refractivity contribution in [3.63, 3.8) is 0 Å². The standard InChI is InChI=1S/C25H34ClN5O2.2ClH/c1-16(2)27-14-20(18-5-7-19(26)8-6-18)25(33)31-10-4-9-30(11-12-31)24-22-17(3)13-21(32)23(22)28-15-29-24;;/h5-8,15-17,20-21,27,32H,4,9-14H2,1-3H3;2*1H/t17-,20?,21-;;/m1../s1. The summed E-state index contributed by atoms with van der Waals surface area (Å²) in [5.74, 6) is 1.02. The van der Waals surface area contributed by atoms with Gasteiger partial charge in [-0.15, -0.1) is 24.8 Å². The third-order valence-electron chi connectivity index (χ3n) is 6.69. The number of aliphatic hydroxyl groups is 1. The maximum absolute atomic E-state index is 13.7. The van der Waals surface area contributed by atoms with E-state index in [-0.39, 0.29) is 42.6 Å². The number of aromatic nitrogens is 2. The van der Waals surface area contributed by atoms with Gasteiger partial charge in [-0.2, -0.15) is 0 Å². The number of carbonyl (C=O) groups is 1. The number of carbonyl (C=O) groups excluding carboxylic acids is 1. The Morgan fingerprint density at radius 3 is 2.54 bits per heavy atom. The average Bonchev–Trinajstić information content (AvgIpc) is 2.95. The minimum atomic E-state index is -0.518. The second kappa shape index (κ2) is 13.1. The molecule has 194 valence electrons. The molecule has 1 aromatic heterocycles. The molecule has 0 spiro atoms. The molecule has 35 heavy (non-hydrogen) atoms. The molecular weight excluding hydrogens is 509 g/mol. The number of benzene rings is 1. The van der Waals surface area contributed by atoms with Crippen LogP contribution in [0.5, 0.6) is 0 Å². The molecule has 2 aromatic rings. The van der Waals surface area contributed by atoms with E-state index in [4.69, 9.17) is 11.6 Å². The highest BCUT2D eigenvalue weighted by Crippen LogP contribution is 2.42. The molecule has 0 saturated carbocycles. The van der Waals surface area contributed by atoms with Crippen LogP contribution in [0.4, 0.5) is 5.82 Å². The smallest absolute Gasteiger partial charge is 0.231 e. The number of hydrogen-bond donors (Lipinski definition) is 2. The molecule has 10 heteroatoms. The highest BCUT2D eigenvalue weighted by atomic mass is 35.5. The number of aliphatic hydroxyl groups excluding tert-OH is 1. The largest absolute Gasteiger partial charge is 0.387 e. The van der Waals surface area contributed by atoms with Crippen molar-refractivity contribution in [2.24, 2.45) is 0 Å². The summed E-state index contributed by atoms with van der Waals surface area (Å²) in [6, 6.07) is 7.90. The molecule has 1 fully saturated rings. The normalized spacial score (nSPS) is 20.5. The van der Waals surface area contributed by atoms with Gasteiger partial charge in [0.05, 0.1) is 17.7 Å². The molecular formula is C25H36Cl3N5O2. The van der Waals surface area contributed by atoms with Crippen LogP contribution in [0.25, 0.3) is 0 Å². The second-order valence-electron chi connectivity index (χ2n) is 9.48. The number of halogens is 3. The Morgan fingerprint density at radius 1 is 1.14 bits per heavy atom. The van der Waals surface area contributed by atoms with Crippen molar-refractivity contribution in [1.82, 2.24) is 20.2 Å². The van der Waals surface area contributed by atoms with Crippen molar-refractivity contribution < 1.29 is 9.90 Å². The summed E-state index contributed by atoms with van der Waals surface area (Å²) in [4.78, 5) is 26.8. The number of hydrogen-bond acceptors (Lipinski definition) is 6. The van der Waals surface area contributed by atoms with E-state index in [0.29, 0.717) is 43.7 Å². The number of anilines is 1. The highest BCUT2D eigenvalue weighted by molar-refractivity contribution is 6.30. The van der Waals surface area contributed by atoms with Crippen LogP contribution in [0.15, 0.2) is 30.6 Å². The van der Waals surface area contributed by atoms with Gasteiger partial charge in [0.2, 0.25) is 5.91 Å². The molecule has 4 rings (SSSR count). The van der Waals surface area contributed by atoms with E-state index in [2.05, 4.69) is 41.0 Å². The zero-order chi connectivity index (χ0) is 23.5. The quantitative estimate of drug-likeness (QED) is 0.563. The third kappa shape index (κ3) is 6.77. The van der Waals surface area contributed by atoms with Crippen LogP contribution in [0.1, 0.15) is 68.4 Å². The molecule has 1 aromatic carbocycles. The van der Waals surface area contributed by atoms with Crippen LogP contribution in [0.3, 0.4) is 0 Å². The molecule has 2 heterocycles. The first-order valence-electron chi connectivity index (χ1n) is 11.9. The maximum Gasteiger partial charge on any atom is 0.231 e. The number of rotatable bonds is 6. The fraction of sp³-hybridized carbons (Fsp3) is 0.560. The van der Waals surface area contributed by atoms with E-state index in [1.165, 1.54) is 0 Å². The molecule has 0 bridgehead atoms. The van der Waals surface area contributed by atoms with Crippen LogP contribution in [-0.2, 0) is 4.79 Å². The van der Waals surface area contributed by atoms with Crippen LogP contribution in [-0.4, -0.2) is 64.6 Å². The van der Waals surface area contributed by atoms with Crippen molar-refractivity contribution in [3.8, 4) is 0 Å². The lowest BCUT2D eigenvalue weighted by molar-refractivity contribution is -0.132. The molecule has 1 amide bonds. The molecule has 2 aliphatic rings. The second-order valence-corrected chi connectivity index (χ2v) is 9.92. The van der Waals surface area contributed by atoms with E-state index >= 15 is 0 Å². The van der Waals surface area contributed by atoms with E-state index < -0.39 is 6.10 Å². The first-order chi connectivity index (χ1) is 15.8. The predicted molar refractivity (Wildman–Crippen MR) is 145 cm³/mol. The fourth-order valence-corrected chi connectivity index (χ4v) is 5.05. The molecule has 7 nitrogen and oxygen atoms in total. The van der Waals surface area contributed by atoms with Crippen LogP contribution >= 0.6 is 36.4 Å². The lowest BCUT2D eigenvalue weighted by Gasteiger charge is -2.28. The van der Waals surface area contributed by atoms with Crippen molar-refractivity contribution in [3.05, 3.63) is 52.4 Å². The van der Waals surface area contributed by atoms with Crippen molar-refractivity contribution in [1.29, 1.82) is 0 Å². The van der Waals surface area contributed by atoms with Crippen molar-refractivity contribution >= 4 is 48.1 Å². The van der Waals surface area contributed by atoms with Gasteiger partial charge in [-0.1, -0.05) is 44.5 Å². The molecule has 2 N–H and O–H groups in total. The van der Waals surface area contributed by atoms with Gasteiger partial charge in [0.1, 0.15) is 12.1 Å². The van der Waals surface area contributed by atoms with E-state index in [0.717, 1.165) is 35.6 Å². The van der Waals surface area contributed by atoms with Gasteiger partial charge in [0.25, 0.3) is 0 Å². The van der Waals surface area contributed by atoms with Gasteiger partial charge in [-0.3, -0.25) is 4.79 Å². The summed E-state index contributed by atoms with van der Waals surface area (Å²) in [5, 5.41) is 14.4. The summed E-state index contributed by atoms with van der Waals surface area (Å²) in [6.45, 7) is 9.78. The average molecular weight is 545 g/mol. The van der Waals surface area contributed by atoms with Crippen LogP contribution in [0, 0.1) is 0 Å². The topological polar surface area (TPSA) is 81.6 Å². The third-order valence-corrected chi connectivity index (χ3v) is 6.94. The zero-order valence-electron chi connectivity index (χ0n) is 20.5. The Bertz CT molecular complexity index is 976. The number of nitrogens with one attached hydrogen (secondary N) is 1. The Morgan fingerprint density at radius 2 is 1.86 bits per heavy atom. The summed E-state index contributed by atoms with van der Waals surface area (Å²) in [7, 11) is 0. The minimum absolute atomic E-state index is 0. The Kier molecular flexibility index (Phi) is 11.0. The van der Waals surface area contributed by atoms with Crippen LogP contribution in [0.2, 0.25) is 5.02 Å². The summed E-state index contributed by atoms with van der Waals surface area (Å²) in [6.07, 6.45) is 2.59. The summed E-state index contributed by atoms with van der Waals surface area (Å²) >= 11 is 6.08. The monoisotopic (exact) mass is 543 g/mol. The molecule has 0 radical (unpaired) electrons. The Balaban J connectivity index is 0.00000216. The summed E-state index contributed by atoms with van der Waals surface area (Å²) < 4.78 is 0. The fourth-order valence-electron chi connectivity index (χ4n) is 4.92. The van der Waals surface area contributed by atoms with Gasteiger partial charge < -0.3 is 20.2 Å². The highest BCUT2D eigenvalue weighted by Gasteiger charge is 2.34. The summed E-state index contributed by atoms with van der Waals surface area (Å²) in [5.41, 5.74) is 2.80. The Labute approximate surface area is 225 Å². The first kappa shape index (κ1) is 29.6. The molecule has 3 atom stereocenters.